The van der Waals surface area contributed by atoms with Crippen LogP contribution in [0.1, 0.15) is 19.8 Å². The number of fused-ring (bicyclic) bond motifs is 1. The van der Waals surface area contributed by atoms with E-state index < -0.39 is 10.0 Å². The molecule has 0 saturated heterocycles. The Labute approximate surface area is 140 Å². The van der Waals surface area contributed by atoms with E-state index >= 15 is 0 Å². The molecule has 7 nitrogen and oxygen atoms in total. The van der Waals surface area contributed by atoms with E-state index in [1.54, 1.807) is 35.0 Å². The number of nitrogen functional groups attached to an aromatic ring is 1. The standard InChI is InChI=1S/C16H19N5O2S/c1-2-3-9-18-24(22,23)14-6-4-5-12(10-14)13-7-8-15-19-16(17)20-21(15)11-13/h4-8,10-11,18H,2-3,9H2,1H3,(H2,17,20). The smallest absolute Gasteiger partial charge is 0.240 e. The van der Waals surface area contributed by atoms with Crippen LogP contribution in [0.2, 0.25) is 0 Å². The predicted molar refractivity (Wildman–Crippen MR) is 92.9 cm³/mol. The molecule has 8 heteroatoms. The van der Waals surface area contributed by atoms with Gasteiger partial charge in [-0.15, -0.1) is 5.10 Å². The monoisotopic (exact) mass is 345 g/mol. The number of hydrogen-bond acceptors (Lipinski definition) is 5. The molecule has 0 unspecified atom stereocenters. The molecule has 0 fully saturated rings. The predicted octanol–water partition coefficient (Wildman–Crippen LogP) is 2.06. The van der Waals surface area contributed by atoms with E-state index in [1.807, 2.05) is 19.1 Å². The summed E-state index contributed by atoms with van der Waals surface area (Å²) >= 11 is 0. The molecule has 0 spiro atoms. The van der Waals surface area contributed by atoms with Gasteiger partial charge in [-0.25, -0.2) is 17.7 Å². The second-order valence-corrected chi connectivity index (χ2v) is 7.24. The first-order valence-corrected chi connectivity index (χ1v) is 9.20. The second-order valence-electron chi connectivity index (χ2n) is 5.47. The maximum absolute atomic E-state index is 12.4. The van der Waals surface area contributed by atoms with Crippen LogP contribution < -0.4 is 10.5 Å². The molecular formula is C16H19N5O2S. The van der Waals surface area contributed by atoms with Crippen LogP contribution in [-0.2, 0) is 10.0 Å². The lowest BCUT2D eigenvalue weighted by Crippen LogP contribution is -2.24. The number of nitrogens with one attached hydrogen (secondary N) is 1. The molecule has 1 aromatic carbocycles. The zero-order valence-electron chi connectivity index (χ0n) is 13.3. The quantitative estimate of drug-likeness (QED) is 0.666. The van der Waals surface area contributed by atoms with Crippen molar-refractivity contribution in [3.05, 3.63) is 42.6 Å². The van der Waals surface area contributed by atoms with Crippen molar-refractivity contribution >= 4 is 21.6 Å². The molecule has 0 atom stereocenters. The molecule has 126 valence electrons. The lowest BCUT2D eigenvalue weighted by molar-refractivity contribution is 0.578. The maximum Gasteiger partial charge on any atom is 0.240 e. The van der Waals surface area contributed by atoms with Crippen LogP contribution >= 0.6 is 0 Å². The number of aromatic nitrogens is 3. The van der Waals surface area contributed by atoms with Crippen LogP contribution in [0.5, 0.6) is 0 Å². The Hall–Kier alpha value is -2.45. The van der Waals surface area contributed by atoms with Crippen molar-refractivity contribution in [3.8, 4) is 11.1 Å². The van der Waals surface area contributed by atoms with Crippen molar-refractivity contribution in [3.63, 3.8) is 0 Å². The third-order valence-electron chi connectivity index (χ3n) is 3.65. The molecule has 3 aromatic rings. The molecule has 0 bridgehead atoms. The highest BCUT2D eigenvalue weighted by molar-refractivity contribution is 7.89. The molecule has 0 amide bonds. The first kappa shape index (κ1) is 16.4. The summed E-state index contributed by atoms with van der Waals surface area (Å²) in [6.45, 7) is 2.45. The highest BCUT2D eigenvalue weighted by Crippen LogP contribution is 2.23. The van der Waals surface area contributed by atoms with Crippen LogP contribution in [0.25, 0.3) is 16.8 Å². The van der Waals surface area contributed by atoms with Gasteiger partial charge in [-0.2, -0.15) is 4.98 Å². The summed E-state index contributed by atoms with van der Waals surface area (Å²) in [5.41, 5.74) is 7.84. The molecule has 2 aromatic heterocycles. The molecule has 0 aliphatic carbocycles. The van der Waals surface area contributed by atoms with Crippen LogP contribution in [-0.4, -0.2) is 29.6 Å². The van der Waals surface area contributed by atoms with Crippen LogP contribution in [0.3, 0.4) is 0 Å². The summed E-state index contributed by atoms with van der Waals surface area (Å²) in [4.78, 5) is 4.32. The first-order chi connectivity index (χ1) is 11.5. The van der Waals surface area contributed by atoms with E-state index in [1.165, 1.54) is 0 Å². The summed E-state index contributed by atoms with van der Waals surface area (Å²) in [7, 11) is -3.51. The van der Waals surface area contributed by atoms with Gasteiger partial charge in [-0.1, -0.05) is 25.5 Å². The maximum atomic E-state index is 12.4. The SMILES string of the molecule is CCCCNS(=O)(=O)c1cccc(-c2ccc3nc(N)nn3c2)c1. The zero-order valence-corrected chi connectivity index (χ0v) is 14.1. The lowest BCUT2D eigenvalue weighted by Gasteiger charge is -2.08. The average Bonchev–Trinajstić information content (AvgIpc) is 2.94. The van der Waals surface area contributed by atoms with E-state index in [2.05, 4.69) is 14.8 Å². The number of nitrogens with two attached hydrogens (primary N) is 1. The molecular weight excluding hydrogens is 326 g/mol. The first-order valence-electron chi connectivity index (χ1n) is 7.71. The van der Waals surface area contributed by atoms with E-state index in [-0.39, 0.29) is 10.8 Å². The third-order valence-corrected chi connectivity index (χ3v) is 5.11. The van der Waals surface area contributed by atoms with E-state index in [9.17, 15) is 8.42 Å². The van der Waals surface area contributed by atoms with Gasteiger partial charge in [0.25, 0.3) is 0 Å². The van der Waals surface area contributed by atoms with Crippen molar-refractivity contribution in [2.24, 2.45) is 0 Å². The van der Waals surface area contributed by atoms with Gasteiger partial charge in [0, 0.05) is 18.3 Å². The molecule has 3 N–H and O–H groups in total. The number of rotatable bonds is 6. The van der Waals surface area contributed by atoms with E-state index in [4.69, 9.17) is 5.73 Å². The minimum absolute atomic E-state index is 0.198. The molecule has 0 aliphatic heterocycles. The Morgan fingerprint density at radius 1 is 1.21 bits per heavy atom. The van der Waals surface area contributed by atoms with Gasteiger partial charge in [-0.3, -0.25) is 0 Å². The summed E-state index contributed by atoms with van der Waals surface area (Å²) in [6.07, 6.45) is 3.52. The molecule has 0 aliphatic rings. The Morgan fingerprint density at radius 3 is 2.83 bits per heavy atom. The van der Waals surface area contributed by atoms with Gasteiger partial charge in [0.1, 0.15) is 0 Å². The fourth-order valence-electron chi connectivity index (χ4n) is 2.38. The second kappa shape index (κ2) is 6.58. The minimum Gasteiger partial charge on any atom is -0.366 e. The third kappa shape index (κ3) is 3.39. The van der Waals surface area contributed by atoms with Gasteiger partial charge >= 0.3 is 0 Å². The van der Waals surface area contributed by atoms with Gasteiger partial charge in [0.05, 0.1) is 4.90 Å². The number of unbranched alkanes of at least 4 members (excludes halogenated alkanes) is 1. The fourth-order valence-corrected chi connectivity index (χ4v) is 3.50. The summed E-state index contributed by atoms with van der Waals surface area (Å²) in [5.74, 6) is 0.198. The summed E-state index contributed by atoms with van der Waals surface area (Å²) in [6, 6.07) is 10.5. The van der Waals surface area contributed by atoms with Gasteiger partial charge in [-0.05, 0) is 36.2 Å². The van der Waals surface area contributed by atoms with Gasteiger partial charge in [0.15, 0.2) is 5.65 Å². The number of pyridine rings is 1. The average molecular weight is 345 g/mol. The van der Waals surface area contributed by atoms with Crippen molar-refractivity contribution in [1.29, 1.82) is 0 Å². The van der Waals surface area contributed by atoms with Crippen LogP contribution in [0.4, 0.5) is 5.95 Å². The van der Waals surface area contributed by atoms with Crippen molar-refractivity contribution in [2.45, 2.75) is 24.7 Å². The lowest BCUT2D eigenvalue weighted by atomic mass is 10.1. The van der Waals surface area contributed by atoms with E-state index in [0.29, 0.717) is 12.2 Å². The summed E-state index contributed by atoms with van der Waals surface area (Å²) < 4.78 is 28.9. The molecule has 0 radical (unpaired) electrons. The van der Waals surface area contributed by atoms with Crippen molar-refractivity contribution in [1.82, 2.24) is 19.3 Å². The van der Waals surface area contributed by atoms with Gasteiger partial charge in [0.2, 0.25) is 16.0 Å². The Morgan fingerprint density at radius 2 is 2.04 bits per heavy atom. The highest BCUT2D eigenvalue weighted by Gasteiger charge is 2.14. The molecule has 2 heterocycles. The number of hydrogen-bond donors (Lipinski definition) is 2. The number of anilines is 1. The Balaban J connectivity index is 1.94. The van der Waals surface area contributed by atoms with Crippen molar-refractivity contribution in [2.75, 3.05) is 12.3 Å². The summed E-state index contributed by atoms with van der Waals surface area (Å²) in [5, 5.41) is 4.07. The zero-order chi connectivity index (χ0) is 17.2. The molecule has 0 saturated carbocycles. The van der Waals surface area contributed by atoms with Crippen LogP contribution in [0, 0.1) is 0 Å². The van der Waals surface area contributed by atoms with Crippen molar-refractivity contribution < 1.29 is 8.42 Å². The topological polar surface area (TPSA) is 102 Å². The number of benzene rings is 1. The van der Waals surface area contributed by atoms with E-state index in [0.717, 1.165) is 24.0 Å². The molecule has 24 heavy (non-hydrogen) atoms. The normalized spacial score (nSPS) is 11.9. The number of nitrogens with zero attached hydrogens (tertiary/aromatic N) is 3. The fraction of sp³-hybridized carbons (Fsp3) is 0.250. The minimum atomic E-state index is -3.51. The molecule has 3 rings (SSSR count). The van der Waals surface area contributed by atoms with Crippen LogP contribution in [0.15, 0.2) is 47.5 Å². The Bertz CT molecular complexity index is 966. The number of sulfonamides is 1. The largest absolute Gasteiger partial charge is 0.366 e. The Kier molecular flexibility index (Phi) is 4.50. The highest BCUT2D eigenvalue weighted by atomic mass is 32.2. The van der Waals surface area contributed by atoms with Gasteiger partial charge < -0.3 is 5.73 Å².